The molecule has 1 unspecified atom stereocenters. The fourth-order valence-corrected chi connectivity index (χ4v) is 3.38. The van der Waals surface area contributed by atoms with Gasteiger partial charge in [-0.25, -0.2) is 0 Å². The van der Waals surface area contributed by atoms with Gasteiger partial charge in [0.05, 0.1) is 5.25 Å². The molecule has 0 radical (unpaired) electrons. The Labute approximate surface area is 111 Å². The summed E-state index contributed by atoms with van der Waals surface area (Å²) >= 11 is 1.69. The lowest BCUT2D eigenvalue weighted by molar-refractivity contribution is 0.103. The normalized spacial score (nSPS) is 17.6. The average molecular weight is 252 g/mol. The maximum Gasteiger partial charge on any atom is 0.194 e. The van der Waals surface area contributed by atoms with Crippen molar-refractivity contribution in [1.82, 2.24) is 0 Å². The number of hydrogen-bond donors (Lipinski definition) is 0. The lowest BCUT2D eigenvalue weighted by atomic mass is 9.97. The third-order valence-electron chi connectivity index (χ3n) is 3.11. The molecule has 1 atom stereocenters. The van der Waals surface area contributed by atoms with Crippen molar-refractivity contribution in [2.45, 2.75) is 10.1 Å². The van der Waals surface area contributed by atoms with Gasteiger partial charge < -0.3 is 0 Å². The molecule has 0 fully saturated rings. The molecule has 2 heteroatoms. The summed E-state index contributed by atoms with van der Waals surface area (Å²) < 4.78 is 0. The lowest BCUT2D eigenvalue weighted by Gasteiger charge is -2.11. The van der Waals surface area contributed by atoms with Crippen LogP contribution >= 0.6 is 11.8 Å². The number of carbonyl (C=O) groups is 1. The second kappa shape index (κ2) is 4.46. The maximum absolute atomic E-state index is 12.5. The number of benzene rings is 2. The minimum atomic E-state index is 0.109. The van der Waals surface area contributed by atoms with Gasteiger partial charge in [0.2, 0.25) is 0 Å². The predicted molar refractivity (Wildman–Crippen MR) is 75.1 cm³/mol. The fourth-order valence-electron chi connectivity index (χ4n) is 2.23. The zero-order chi connectivity index (χ0) is 12.5. The van der Waals surface area contributed by atoms with Crippen molar-refractivity contribution in [1.29, 1.82) is 0 Å². The highest BCUT2D eigenvalue weighted by atomic mass is 32.2. The smallest absolute Gasteiger partial charge is 0.194 e. The molecular weight excluding hydrogens is 240 g/mol. The molecule has 88 valence electrons. The molecule has 2 aromatic carbocycles. The summed E-state index contributed by atoms with van der Waals surface area (Å²) in [6, 6.07) is 15.6. The Balaban J connectivity index is 2.27. The van der Waals surface area contributed by atoms with E-state index >= 15 is 0 Å². The molecule has 0 bridgehead atoms. The van der Waals surface area contributed by atoms with Crippen LogP contribution in [0.25, 0.3) is 0 Å². The second-order valence-corrected chi connectivity index (χ2v) is 5.37. The van der Waals surface area contributed by atoms with Gasteiger partial charge in [0.1, 0.15) is 0 Å². The largest absolute Gasteiger partial charge is 0.289 e. The van der Waals surface area contributed by atoms with E-state index in [2.05, 4.69) is 6.58 Å². The molecule has 18 heavy (non-hydrogen) atoms. The molecule has 0 N–H and O–H groups in total. The summed E-state index contributed by atoms with van der Waals surface area (Å²) in [4.78, 5) is 13.6. The van der Waals surface area contributed by atoms with E-state index in [0.717, 1.165) is 21.6 Å². The van der Waals surface area contributed by atoms with Crippen molar-refractivity contribution in [2.24, 2.45) is 0 Å². The minimum absolute atomic E-state index is 0.109. The van der Waals surface area contributed by atoms with Crippen LogP contribution in [-0.4, -0.2) is 5.78 Å². The van der Waals surface area contributed by atoms with E-state index in [9.17, 15) is 4.79 Å². The number of fused-ring (bicyclic) bond motifs is 2. The first-order chi connectivity index (χ1) is 8.81. The van der Waals surface area contributed by atoms with E-state index in [4.69, 9.17) is 0 Å². The van der Waals surface area contributed by atoms with Gasteiger partial charge in [-0.1, -0.05) is 42.5 Å². The summed E-state index contributed by atoms with van der Waals surface area (Å²) in [6.07, 6.45) is 1.90. The molecule has 1 nitrogen and oxygen atoms in total. The SMILES string of the molecule is C=CC1Sc2ccccc2C(=O)c2ccccc21. The molecule has 1 aliphatic rings. The van der Waals surface area contributed by atoms with Gasteiger partial charge in [-0.2, -0.15) is 0 Å². The Hall–Kier alpha value is -1.80. The van der Waals surface area contributed by atoms with Crippen LogP contribution in [0.5, 0.6) is 0 Å². The van der Waals surface area contributed by atoms with E-state index in [-0.39, 0.29) is 11.0 Å². The second-order valence-electron chi connectivity index (χ2n) is 4.19. The summed E-state index contributed by atoms with van der Waals surface area (Å²) in [7, 11) is 0. The number of thioether (sulfide) groups is 1. The summed E-state index contributed by atoms with van der Waals surface area (Å²) in [5.41, 5.74) is 2.64. The van der Waals surface area contributed by atoms with E-state index in [1.165, 1.54) is 0 Å². The first kappa shape index (κ1) is 11.3. The average Bonchev–Trinajstić information content (AvgIpc) is 2.55. The van der Waals surface area contributed by atoms with E-state index in [0.29, 0.717) is 0 Å². The molecular formula is C16H12OS. The van der Waals surface area contributed by atoms with Crippen molar-refractivity contribution in [2.75, 3.05) is 0 Å². The number of carbonyl (C=O) groups excluding carboxylic acids is 1. The molecule has 2 aromatic rings. The summed E-state index contributed by atoms with van der Waals surface area (Å²) in [6.45, 7) is 3.89. The zero-order valence-corrected chi connectivity index (χ0v) is 10.6. The van der Waals surface area contributed by atoms with Crippen LogP contribution in [0.4, 0.5) is 0 Å². The molecule has 0 aliphatic carbocycles. The molecule has 0 aromatic heterocycles. The number of ketones is 1. The minimum Gasteiger partial charge on any atom is -0.289 e. The zero-order valence-electron chi connectivity index (χ0n) is 9.80. The molecule has 0 saturated carbocycles. The first-order valence-electron chi connectivity index (χ1n) is 5.83. The Kier molecular flexibility index (Phi) is 2.80. The maximum atomic E-state index is 12.5. The van der Waals surface area contributed by atoms with Gasteiger partial charge in [-0.3, -0.25) is 4.79 Å². The predicted octanol–water partition coefficient (Wildman–Crippen LogP) is 4.25. The van der Waals surface area contributed by atoms with Crippen LogP contribution in [-0.2, 0) is 0 Å². The van der Waals surface area contributed by atoms with E-state index in [1.54, 1.807) is 11.8 Å². The molecule has 1 heterocycles. The van der Waals surface area contributed by atoms with E-state index < -0.39 is 0 Å². The molecule has 3 rings (SSSR count). The highest BCUT2D eigenvalue weighted by Crippen LogP contribution is 2.42. The fraction of sp³-hybridized carbons (Fsp3) is 0.0625. The Morgan fingerprint density at radius 1 is 1.00 bits per heavy atom. The van der Waals surface area contributed by atoms with Crippen molar-refractivity contribution in [3.05, 3.63) is 77.9 Å². The standard InChI is InChI=1S/C16H12OS/c1-2-14-11-7-3-4-8-12(11)16(17)13-9-5-6-10-15(13)18-14/h2-10,14H,1H2. The van der Waals surface area contributed by atoms with Crippen LogP contribution in [0.15, 0.2) is 66.1 Å². The van der Waals surface area contributed by atoms with Crippen molar-refractivity contribution >= 4 is 17.5 Å². The Bertz CT molecular complexity index is 630. The third kappa shape index (κ3) is 1.70. The molecule has 0 spiro atoms. The summed E-state index contributed by atoms with van der Waals surface area (Å²) in [5, 5.41) is 0.133. The number of hydrogen-bond acceptors (Lipinski definition) is 2. The van der Waals surface area contributed by atoms with Gasteiger partial charge in [0.15, 0.2) is 5.78 Å². The van der Waals surface area contributed by atoms with Crippen molar-refractivity contribution in [3.63, 3.8) is 0 Å². The van der Waals surface area contributed by atoms with Crippen LogP contribution in [0.3, 0.4) is 0 Å². The lowest BCUT2D eigenvalue weighted by Crippen LogP contribution is -2.03. The molecule has 1 aliphatic heterocycles. The monoisotopic (exact) mass is 252 g/mol. The van der Waals surface area contributed by atoms with Gasteiger partial charge in [0, 0.05) is 16.0 Å². The molecule has 0 saturated heterocycles. The van der Waals surface area contributed by atoms with Crippen molar-refractivity contribution in [3.8, 4) is 0 Å². The highest BCUT2D eigenvalue weighted by Gasteiger charge is 2.25. The van der Waals surface area contributed by atoms with Crippen LogP contribution in [0.2, 0.25) is 0 Å². The van der Waals surface area contributed by atoms with E-state index in [1.807, 2.05) is 54.6 Å². The van der Waals surface area contributed by atoms with Gasteiger partial charge >= 0.3 is 0 Å². The summed E-state index contributed by atoms with van der Waals surface area (Å²) in [5.74, 6) is 0.109. The third-order valence-corrected chi connectivity index (χ3v) is 4.42. The quantitative estimate of drug-likeness (QED) is 0.706. The van der Waals surface area contributed by atoms with Crippen molar-refractivity contribution < 1.29 is 4.79 Å². The van der Waals surface area contributed by atoms with Crippen LogP contribution < -0.4 is 0 Å². The topological polar surface area (TPSA) is 17.1 Å². The van der Waals surface area contributed by atoms with Gasteiger partial charge in [-0.15, -0.1) is 18.3 Å². The molecule has 0 amide bonds. The number of rotatable bonds is 1. The Morgan fingerprint density at radius 2 is 1.67 bits per heavy atom. The highest BCUT2D eigenvalue weighted by molar-refractivity contribution is 7.99. The van der Waals surface area contributed by atoms with Crippen LogP contribution in [0.1, 0.15) is 26.7 Å². The van der Waals surface area contributed by atoms with Crippen LogP contribution in [0, 0.1) is 0 Å². The van der Waals surface area contributed by atoms with Gasteiger partial charge in [0.25, 0.3) is 0 Å². The Morgan fingerprint density at radius 3 is 2.44 bits per heavy atom. The first-order valence-corrected chi connectivity index (χ1v) is 6.71. The van der Waals surface area contributed by atoms with Gasteiger partial charge in [-0.05, 0) is 17.7 Å².